The molecule has 0 aliphatic carbocycles. The van der Waals surface area contributed by atoms with Crippen LogP contribution in [0.3, 0.4) is 0 Å². The predicted octanol–water partition coefficient (Wildman–Crippen LogP) is 3.67. The van der Waals surface area contributed by atoms with E-state index in [-0.39, 0.29) is 5.91 Å². The van der Waals surface area contributed by atoms with Crippen molar-refractivity contribution in [3.05, 3.63) is 52.1 Å². The van der Waals surface area contributed by atoms with Gasteiger partial charge in [-0.1, -0.05) is 47.7 Å². The number of hydrazine groups is 1. The second kappa shape index (κ2) is 5.65. The highest BCUT2D eigenvalue weighted by Crippen LogP contribution is 2.33. The highest BCUT2D eigenvalue weighted by molar-refractivity contribution is 8.26. The zero-order chi connectivity index (χ0) is 15.0. The van der Waals surface area contributed by atoms with E-state index < -0.39 is 0 Å². The van der Waals surface area contributed by atoms with E-state index in [0.717, 1.165) is 22.3 Å². The normalized spacial score (nSPS) is 17.0. The molecule has 1 aliphatic rings. The Morgan fingerprint density at radius 3 is 2.71 bits per heavy atom. The first-order chi connectivity index (χ1) is 10.1. The number of nitrogens with two attached hydrogens (primary N) is 1. The highest BCUT2D eigenvalue weighted by atomic mass is 35.5. The van der Waals surface area contributed by atoms with E-state index in [9.17, 15) is 4.79 Å². The van der Waals surface area contributed by atoms with Crippen LogP contribution in [0.25, 0.3) is 17.4 Å². The Bertz CT molecular complexity index is 770. The van der Waals surface area contributed by atoms with Crippen molar-refractivity contribution < 1.29 is 9.21 Å². The number of carbonyl (C=O) groups is 1. The van der Waals surface area contributed by atoms with E-state index in [4.69, 9.17) is 34.1 Å². The fraction of sp³-hybridized carbons (Fsp3) is 0. The van der Waals surface area contributed by atoms with E-state index in [1.165, 1.54) is 0 Å². The largest absolute Gasteiger partial charge is 0.457 e. The van der Waals surface area contributed by atoms with Crippen LogP contribution in [0.15, 0.2) is 45.7 Å². The fourth-order valence-electron chi connectivity index (χ4n) is 1.85. The van der Waals surface area contributed by atoms with Crippen molar-refractivity contribution in [2.45, 2.75) is 0 Å². The number of hydrogen-bond donors (Lipinski definition) is 1. The zero-order valence-corrected chi connectivity index (χ0v) is 13.0. The van der Waals surface area contributed by atoms with Crippen molar-refractivity contribution in [2.24, 2.45) is 5.84 Å². The van der Waals surface area contributed by atoms with Crippen LogP contribution < -0.4 is 5.84 Å². The van der Waals surface area contributed by atoms with Gasteiger partial charge in [0, 0.05) is 11.6 Å². The summed E-state index contributed by atoms with van der Waals surface area (Å²) in [5.41, 5.74) is 0.796. The standard InChI is InChI=1S/C14H9ClN2O2S2/c15-10-4-2-1-3-9(10)11-6-5-8(19-11)7-12-13(18)17(16)14(20)21-12/h1-7H,16H2/b12-7-. The summed E-state index contributed by atoms with van der Waals surface area (Å²) in [6.45, 7) is 0. The Labute approximate surface area is 135 Å². The molecule has 1 aliphatic heterocycles. The van der Waals surface area contributed by atoms with Crippen LogP contribution in [0.4, 0.5) is 0 Å². The number of carbonyl (C=O) groups excluding carboxylic acids is 1. The van der Waals surface area contributed by atoms with Crippen LogP contribution in [0.2, 0.25) is 5.02 Å². The molecule has 1 saturated heterocycles. The molecule has 4 nitrogen and oxygen atoms in total. The fourth-order valence-corrected chi connectivity index (χ4v) is 3.16. The van der Waals surface area contributed by atoms with E-state index in [0.29, 0.717) is 25.8 Å². The van der Waals surface area contributed by atoms with Gasteiger partial charge in [-0.15, -0.1) is 0 Å². The second-order valence-electron chi connectivity index (χ2n) is 4.23. The Hall–Kier alpha value is -1.60. The summed E-state index contributed by atoms with van der Waals surface area (Å²) in [6.07, 6.45) is 1.62. The van der Waals surface area contributed by atoms with Gasteiger partial charge >= 0.3 is 0 Å². The molecule has 2 heterocycles. The maximum absolute atomic E-state index is 11.8. The predicted molar refractivity (Wildman–Crippen MR) is 88.4 cm³/mol. The number of hydrogen-bond acceptors (Lipinski definition) is 5. The van der Waals surface area contributed by atoms with Gasteiger partial charge in [0.1, 0.15) is 11.5 Å². The summed E-state index contributed by atoms with van der Waals surface area (Å²) in [7, 11) is 0. The van der Waals surface area contributed by atoms with Gasteiger partial charge in [0.15, 0.2) is 4.32 Å². The molecule has 106 valence electrons. The van der Waals surface area contributed by atoms with Crippen LogP contribution in [-0.4, -0.2) is 15.2 Å². The molecular formula is C14H9ClN2O2S2. The van der Waals surface area contributed by atoms with Gasteiger partial charge in [0.05, 0.1) is 9.93 Å². The Balaban J connectivity index is 1.92. The van der Waals surface area contributed by atoms with Gasteiger partial charge in [-0.3, -0.25) is 4.79 Å². The lowest BCUT2D eigenvalue weighted by Gasteiger charge is -2.02. The van der Waals surface area contributed by atoms with Crippen molar-refractivity contribution in [2.75, 3.05) is 0 Å². The van der Waals surface area contributed by atoms with Gasteiger partial charge in [0.2, 0.25) is 0 Å². The van der Waals surface area contributed by atoms with Crippen molar-refractivity contribution in [1.82, 2.24) is 5.01 Å². The molecule has 1 aromatic heterocycles. The van der Waals surface area contributed by atoms with Crippen LogP contribution >= 0.6 is 35.6 Å². The van der Waals surface area contributed by atoms with Crippen molar-refractivity contribution in [3.63, 3.8) is 0 Å². The second-order valence-corrected chi connectivity index (χ2v) is 6.32. The van der Waals surface area contributed by atoms with E-state index in [1.807, 2.05) is 18.2 Å². The van der Waals surface area contributed by atoms with Crippen LogP contribution in [0, 0.1) is 0 Å². The molecule has 0 radical (unpaired) electrons. The zero-order valence-electron chi connectivity index (χ0n) is 10.6. The smallest absolute Gasteiger partial charge is 0.280 e. The molecular weight excluding hydrogens is 328 g/mol. The number of furan rings is 1. The van der Waals surface area contributed by atoms with E-state index >= 15 is 0 Å². The average molecular weight is 337 g/mol. The van der Waals surface area contributed by atoms with Crippen molar-refractivity contribution >= 4 is 51.9 Å². The van der Waals surface area contributed by atoms with Crippen LogP contribution in [0.5, 0.6) is 0 Å². The molecule has 0 bridgehead atoms. The molecule has 2 aromatic rings. The average Bonchev–Trinajstić information content (AvgIpc) is 3.01. The molecule has 3 rings (SSSR count). The van der Waals surface area contributed by atoms with Crippen LogP contribution in [0.1, 0.15) is 5.76 Å². The summed E-state index contributed by atoms with van der Waals surface area (Å²) < 4.78 is 6.03. The molecule has 7 heteroatoms. The number of halogens is 1. The number of nitrogens with zero attached hydrogens (tertiary/aromatic N) is 1. The first-order valence-corrected chi connectivity index (χ1v) is 7.54. The Morgan fingerprint density at radius 2 is 2.05 bits per heavy atom. The minimum absolute atomic E-state index is 0.323. The van der Waals surface area contributed by atoms with Gasteiger partial charge < -0.3 is 4.42 Å². The summed E-state index contributed by atoms with van der Waals surface area (Å²) in [5.74, 6) is 6.36. The molecule has 2 N–H and O–H groups in total. The number of amides is 1. The number of benzene rings is 1. The summed E-state index contributed by atoms with van der Waals surface area (Å²) in [4.78, 5) is 12.2. The molecule has 1 amide bonds. The third kappa shape index (κ3) is 2.75. The summed E-state index contributed by atoms with van der Waals surface area (Å²) >= 11 is 12.2. The third-order valence-electron chi connectivity index (χ3n) is 2.86. The number of rotatable bonds is 2. The van der Waals surface area contributed by atoms with Gasteiger partial charge in [-0.2, -0.15) is 0 Å². The summed E-state index contributed by atoms with van der Waals surface area (Å²) in [6, 6.07) is 11.0. The lowest BCUT2D eigenvalue weighted by atomic mass is 10.2. The van der Waals surface area contributed by atoms with Gasteiger partial charge in [0.25, 0.3) is 5.91 Å². The molecule has 0 saturated carbocycles. The highest BCUT2D eigenvalue weighted by Gasteiger charge is 2.30. The molecule has 1 aromatic carbocycles. The molecule has 0 spiro atoms. The third-order valence-corrected chi connectivity index (χ3v) is 4.52. The first-order valence-electron chi connectivity index (χ1n) is 5.93. The lowest BCUT2D eigenvalue weighted by Crippen LogP contribution is -2.34. The number of thiocarbonyl (C=S) groups is 1. The van der Waals surface area contributed by atoms with E-state index in [2.05, 4.69) is 0 Å². The van der Waals surface area contributed by atoms with E-state index in [1.54, 1.807) is 24.3 Å². The molecule has 1 fully saturated rings. The minimum atomic E-state index is -0.333. The number of thioether (sulfide) groups is 1. The van der Waals surface area contributed by atoms with Gasteiger partial charge in [-0.25, -0.2) is 10.9 Å². The van der Waals surface area contributed by atoms with Crippen LogP contribution in [-0.2, 0) is 4.79 Å². The van der Waals surface area contributed by atoms with Crippen molar-refractivity contribution in [1.29, 1.82) is 0 Å². The summed E-state index contributed by atoms with van der Waals surface area (Å²) in [5, 5.41) is 1.55. The Kier molecular flexibility index (Phi) is 3.86. The molecule has 0 atom stereocenters. The molecule has 21 heavy (non-hydrogen) atoms. The SMILES string of the molecule is NN1C(=O)/C(=C/c2ccc(-c3ccccc3Cl)o2)SC1=S. The maximum Gasteiger partial charge on any atom is 0.280 e. The van der Waals surface area contributed by atoms with Gasteiger partial charge in [-0.05, 0) is 24.3 Å². The topological polar surface area (TPSA) is 59.5 Å². The monoisotopic (exact) mass is 336 g/mol. The Morgan fingerprint density at radius 1 is 1.29 bits per heavy atom. The lowest BCUT2D eigenvalue weighted by molar-refractivity contribution is -0.122. The maximum atomic E-state index is 11.8. The molecule has 0 unspecified atom stereocenters. The van der Waals surface area contributed by atoms with Crippen molar-refractivity contribution in [3.8, 4) is 11.3 Å². The minimum Gasteiger partial charge on any atom is -0.457 e. The quantitative estimate of drug-likeness (QED) is 0.392. The first kappa shape index (κ1) is 14.3.